The third kappa shape index (κ3) is 5.97. The summed E-state index contributed by atoms with van der Waals surface area (Å²) in [5.74, 6) is 0.925. The molecule has 0 radical (unpaired) electrons. The van der Waals surface area contributed by atoms with Crippen LogP contribution in [-0.4, -0.2) is 67.2 Å². The van der Waals surface area contributed by atoms with Gasteiger partial charge < -0.3 is 24.0 Å². The Hall–Kier alpha value is -4.13. The maximum atomic E-state index is 14.5. The van der Waals surface area contributed by atoms with Gasteiger partial charge in [-0.2, -0.15) is 5.26 Å². The van der Waals surface area contributed by atoms with Crippen molar-refractivity contribution < 1.29 is 14.3 Å². The van der Waals surface area contributed by atoms with Crippen LogP contribution in [0.5, 0.6) is 0 Å². The molecule has 0 N–H and O–H groups in total. The highest BCUT2D eigenvalue weighted by Crippen LogP contribution is 2.40. The Labute approximate surface area is 259 Å². The smallest absolute Gasteiger partial charge is 0.410 e. The molecule has 1 saturated carbocycles. The number of carbonyl (C=O) groups is 2. The highest BCUT2D eigenvalue weighted by atomic mass is 16.6. The average Bonchev–Trinajstić information content (AvgIpc) is 3.50. The average molecular weight is 598 g/mol. The molecule has 0 atom stereocenters. The lowest BCUT2D eigenvalue weighted by atomic mass is 9.85. The van der Waals surface area contributed by atoms with Crippen LogP contribution in [0, 0.1) is 17.2 Å². The number of amides is 2. The molecule has 1 aliphatic carbocycles. The van der Waals surface area contributed by atoms with Gasteiger partial charge in [-0.1, -0.05) is 50.3 Å². The van der Waals surface area contributed by atoms with Crippen LogP contribution in [0.15, 0.2) is 42.6 Å². The Kier molecular flexibility index (Phi) is 8.23. The zero-order valence-electron chi connectivity index (χ0n) is 26.2. The van der Waals surface area contributed by atoms with E-state index in [4.69, 9.17) is 4.74 Å². The number of benzene rings is 1. The van der Waals surface area contributed by atoms with Gasteiger partial charge in [-0.05, 0) is 64.2 Å². The van der Waals surface area contributed by atoms with E-state index in [1.54, 1.807) is 11.1 Å². The molecule has 2 aromatic heterocycles. The number of nitrogens with zero attached hydrogens (tertiary/aromatic N) is 7. The van der Waals surface area contributed by atoms with Crippen LogP contribution in [0.1, 0.15) is 83.7 Å². The number of para-hydroxylation sites is 1. The molecule has 6 rings (SSSR count). The van der Waals surface area contributed by atoms with Crippen molar-refractivity contribution in [2.75, 3.05) is 24.7 Å². The van der Waals surface area contributed by atoms with Crippen LogP contribution >= 0.6 is 0 Å². The van der Waals surface area contributed by atoms with Crippen LogP contribution in [0.3, 0.4) is 0 Å². The molecular formula is C34H43N7O3. The molecule has 232 valence electrons. The second-order valence-corrected chi connectivity index (χ2v) is 13.6. The van der Waals surface area contributed by atoms with Crippen molar-refractivity contribution in [1.29, 1.82) is 5.26 Å². The number of likely N-dealkylation sites (tertiary alicyclic amines) is 1. The van der Waals surface area contributed by atoms with Crippen molar-refractivity contribution in [3.63, 3.8) is 0 Å². The third-order valence-electron chi connectivity index (χ3n) is 9.48. The summed E-state index contributed by atoms with van der Waals surface area (Å²) in [5, 5.41) is 10.4. The number of nitriles is 1. The molecule has 4 heterocycles. The number of aromatic nitrogens is 3. The summed E-state index contributed by atoms with van der Waals surface area (Å²) in [7, 11) is 0. The van der Waals surface area contributed by atoms with E-state index >= 15 is 0 Å². The van der Waals surface area contributed by atoms with E-state index < -0.39 is 11.1 Å². The second-order valence-electron chi connectivity index (χ2n) is 13.6. The summed E-state index contributed by atoms with van der Waals surface area (Å²) in [5.41, 5.74) is 1.44. The van der Waals surface area contributed by atoms with Gasteiger partial charge in [0.1, 0.15) is 22.9 Å². The van der Waals surface area contributed by atoms with Gasteiger partial charge in [0.05, 0.1) is 13.2 Å². The quantitative estimate of drug-likeness (QED) is 0.351. The van der Waals surface area contributed by atoms with Gasteiger partial charge in [-0.25, -0.2) is 14.8 Å². The molecular weight excluding hydrogens is 554 g/mol. The topological polar surface area (TPSA) is 108 Å². The number of carbonyl (C=O) groups excluding carboxylic acids is 2. The molecule has 2 aliphatic heterocycles. The molecule has 1 aromatic carbocycles. The minimum Gasteiger partial charge on any atom is -0.444 e. The van der Waals surface area contributed by atoms with Crippen molar-refractivity contribution in [1.82, 2.24) is 24.3 Å². The number of ether oxygens (including phenoxy) is 1. The lowest BCUT2D eigenvalue weighted by molar-refractivity contribution is -0.134. The number of anilines is 1. The van der Waals surface area contributed by atoms with Crippen LogP contribution in [0.25, 0.3) is 11.0 Å². The van der Waals surface area contributed by atoms with Crippen LogP contribution in [0.2, 0.25) is 0 Å². The molecule has 10 nitrogen and oxygen atoms in total. The van der Waals surface area contributed by atoms with E-state index in [9.17, 15) is 14.9 Å². The van der Waals surface area contributed by atoms with E-state index in [2.05, 4.69) is 43.7 Å². The number of piperidine rings is 1. The van der Waals surface area contributed by atoms with Gasteiger partial charge in [-0.15, -0.1) is 0 Å². The molecule has 10 heteroatoms. The van der Waals surface area contributed by atoms with Crippen molar-refractivity contribution in [2.45, 2.75) is 96.4 Å². The first-order valence-corrected chi connectivity index (χ1v) is 16.0. The molecule has 1 spiro atoms. The first kappa shape index (κ1) is 29.9. The maximum absolute atomic E-state index is 14.5. The summed E-state index contributed by atoms with van der Waals surface area (Å²) in [6.07, 6.45) is 9.90. The predicted octanol–water partition coefficient (Wildman–Crippen LogP) is 5.85. The summed E-state index contributed by atoms with van der Waals surface area (Å²) >= 11 is 0. The summed E-state index contributed by atoms with van der Waals surface area (Å²) in [4.78, 5) is 42.1. The highest BCUT2D eigenvalue weighted by molar-refractivity contribution is 5.94. The molecule has 44 heavy (non-hydrogen) atoms. The maximum Gasteiger partial charge on any atom is 0.410 e. The number of fused-ring (bicyclic) bond motifs is 1. The van der Waals surface area contributed by atoms with E-state index in [0.29, 0.717) is 45.1 Å². The molecule has 2 amide bonds. The fourth-order valence-electron chi connectivity index (χ4n) is 7.22. The van der Waals surface area contributed by atoms with E-state index in [-0.39, 0.29) is 17.8 Å². The molecule has 0 unspecified atom stereocenters. The van der Waals surface area contributed by atoms with Crippen molar-refractivity contribution in [3.05, 3.63) is 54.1 Å². The number of hydrogen-bond acceptors (Lipinski definition) is 7. The Bertz CT molecular complexity index is 1540. The van der Waals surface area contributed by atoms with Gasteiger partial charge in [-0.3, -0.25) is 4.79 Å². The predicted molar refractivity (Wildman–Crippen MR) is 168 cm³/mol. The number of rotatable bonds is 6. The standard InChI is InChI=1S/C34H43N7O3/c1-33(2,3)44-32(43)38-18-15-34(16-19-38)31(42)39(24-41(34)27-12-8-5-9-13-27)23-28-20-26-22-36-29(21-35)37-30(26)40(28)17-14-25-10-6-4-7-11-25/h5,8-9,12-13,20,22,25H,4,6-7,10-11,14-19,23-24H2,1-3H3. The summed E-state index contributed by atoms with van der Waals surface area (Å²) in [6, 6.07) is 14.3. The summed E-state index contributed by atoms with van der Waals surface area (Å²) < 4.78 is 7.85. The van der Waals surface area contributed by atoms with Crippen LogP contribution < -0.4 is 4.90 Å². The molecule has 3 aromatic rings. The first-order valence-electron chi connectivity index (χ1n) is 16.0. The van der Waals surface area contributed by atoms with Gasteiger partial charge in [0.25, 0.3) is 0 Å². The Morgan fingerprint density at radius 3 is 2.52 bits per heavy atom. The van der Waals surface area contributed by atoms with Gasteiger partial charge in [0.2, 0.25) is 11.7 Å². The van der Waals surface area contributed by atoms with Crippen molar-refractivity contribution in [3.8, 4) is 6.07 Å². The van der Waals surface area contributed by atoms with Gasteiger partial charge in [0.15, 0.2) is 0 Å². The van der Waals surface area contributed by atoms with Crippen LogP contribution in [-0.2, 0) is 22.6 Å². The Morgan fingerprint density at radius 2 is 1.84 bits per heavy atom. The fourth-order valence-corrected chi connectivity index (χ4v) is 7.22. The summed E-state index contributed by atoms with van der Waals surface area (Å²) in [6.45, 7) is 8.19. The van der Waals surface area contributed by atoms with Crippen LogP contribution in [0.4, 0.5) is 10.5 Å². The third-order valence-corrected chi connectivity index (χ3v) is 9.48. The Balaban J connectivity index is 1.28. The number of aryl methyl sites for hydroxylation is 1. The lowest BCUT2D eigenvalue weighted by Gasteiger charge is -2.43. The second kappa shape index (κ2) is 12.1. The van der Waals surface area contributed by atoms with E-state index in [1.165, 1.54) is 32.1 Å². The van der Waals surface area contributed by atoms with Crippen molar-refractivity contribution >= 4 is 28.7 Å². The van der Waals surface area contributed by atoms with Crippen molar-refractivity contribution in [2.24, 2.45) is 5.92 Å². The minimum atomic E-state index is -0.743. The van der Waals surface area contributed by atoms with Gasteiger partial charge in [0, 0.05) is 42.6 Å². The highest BCUT2D eigenvalue weighted by Gasteiger charge is 2.54. The molecule has 3 fully saturated rings. The lowest BCUT2D eigenvalue weighted by Crippen LogP contribution is -2.57. The molecule has 0 bridgehead atoms. The normalized spacial score (nSPS) is 19.1. The molecule has 3 aliphatic rings. The number of hydrogen-bond donors (Lipinski definition) is 0. The van der Waals surface area contributed by atoms with E-state index in [0.717, 1.165) is 35.4 Å². The fraction of sp³-hybridized carbons (Fsp3) is 0.559. The Morgan fingerprint density at radius 1 is 1.11 bits per heavy atom. The zero-order valence-corrected chi connectivity index (χ0v) is 26.2. The monoisotopic (exact) mass is 597 g/mol. The largest absolute Gasteiger partial charge is 0.444 e. The first-order chi connectivity index (χ1) is 21.2. The van der Waals surface area contributed by atoms with E-state index in [1.807, 2.05) is 43.9 Å². The minimum absolute atomic E-state index is 0.0816. The zero-order chi connectivity index (χ0) is 30.9. The molecule has 2 saturated heterocycles. The SMILES string of the molecule is CC(C)(C)OC(=O)N1CCC2(CC1)C(=O)N(Cc1cc3cnc(C#N)nc3n1CCC1CCCCC1)CN2c1ccccc1. The van der Waals surface area contributed by atoms with Gasteiger partial charge >= 0.3 is 6.09 Å².